The van der Waals surface area contributed by atoms with Crippen molar-refractivity contribution in [2.75, 3.05) is 26.4 Å². The monoisotopic (exact) mass is 519 g/mol. The Bertz CT molecular complexity index is 800. The summed E-state index contributed by atoms with van der Waals surface area (Å²) in [7, 11) is 0. The summed E-state index contributed by atoms with van der Waals surface area (Å²) < 4.78 is 21.5. The summed E-state index contributed by atoms with van der Waals surface area (Å²) in [4.78, 5) is 25.7. The van der Waals surface area contributed by atoms with E-state index in [1.165, 1.54) is 0 Å². The Balaban J connectivity index is 1.60. The van der Waals surface area contributed by atoms with Crippen LogP contribution in [0.4, 0.5) is 0 Å². The van der Waals surface area contributed by atoms with E-state index in [0.717, 1.165) is 32.1 Å². The first-order valence-electron chi connectivity index (χ1n) is 14.3. The number of epoxide rings is 2. The molecule has 0 bridgehead atoms. The van der Waals surface area contributed by atoms with Crippen LogP contribution in [0, 0.1) is 29.1 Å². The minimum absolute atomic E-state index is 0.0685. The molecular weight excluding hydrogens is 470 g/mol. The van der Waals surface area contributed by atoms with Gasteiger partial charge in [0.25, 0.3) is 0 Å². The normalized spacial score (nSPS) is 29.5. The Morgan fingerprint density at radius 3 is 2.27 bits per heavy atom. The number of allylic oxidation sites excluding steroid dienone is 4. The number of carbonyl (C=O) groups excluding carboxylic acids is 2. The number of nitrogens with one attached hydrogen (secondary N) is 1. The van der Waals surface area contributed by atoms with Gasteiger partial charge in [-0.15, -0.1) is 0 Å². The summed E-state index contributed by atoms with van der Waals surface area (Å²) in [6, 6.07) is 0.763. The molecule has 2 fully saturated rings. The van der Waals surface area contributed by atoms with Crippen molar-refractivity contribution in [3.05, 3.63) is 24.3 Å². The molecule has 7 heteroatoms. The Morgan fingerprint density at radius 2 is 1.68 bits per heavy atom. The fraction of sp³-hybridized carbons (Fsp3) is 0.800. The summed E-state index contributed by atoms with van der Waals surface area (Å²) in [5.74, 6) is -0.273. The fourth-order valence-corrected chi connectivity index (χ4v) is 5.09. The maximum atomic E-state index is 13.1. The zero-order valence-electron chi connectivity index (χ0n) is 23.7. The van der Waals surface area contributed by atoms with Crippen molar-refractivity contribution >= 4 is 11.9 Å². The van der Waals surface area contributed by atoms with Crippen molar-refractivity contribution in [2.45, 2.75) is 97.9 Å². The van der Waals surface area contributed by atoms with Gasteiger partial charge in [-0.1, -0.05) is 52.0 Å². The van der Waals surface area contributed by atoms with Gasteiger partial charge in [-0.25, -0.2) is 0 Å². The van der Waals surface area contributed by atoms with Crippen LogP contribution in [0.25, 0.3) is 0 Å². The molecule has 0 spiro atoms. The SMILES string of the molecule is CCC(C)NC(C)CC1C=CC(C=CC(C)(C)CC(CC)C(=O)OCC2CO2)CC1C(=O)OCC1CO1. The summed E-state index contributed by atoms with van der Waals surface area (Å²) in [6.07, 6.45) is 13.2. The van der Waals surface area contributed by atoms with E-state index in [-0.39, 0.29) is 53.2 Å². The lowest BCUT2D eigenvalue weighted by Crippen LogP contribution is -2.38. The molecule has 0 aromatic heterocycles. The van der Waals surface area contributed by atoms with Gasteiger partial charge < -0.3 is 24.3 Å². The maximum Gasteiger partial charge on any atom is 0.309 e. The zero-order chi connectivity index (χ0) is 27.0. The van der Waals surface area contributed by atoms with Crippen LogP contribution >= 0.6 is 0 Å². The maximum absolute atomic E-state index is 13.1. The first kappa shape index (κ1) is 29.9. The van der Waals surface area contributed by atoms with E-state index >= 15 is 0 Å². The molecule has 1 aliphatic carbocycles. The minimum Gasteiger partial charge on any atom is -0.463 e. The van der Waals surface area contributed by atoms with Gasteiger partial charge in [-0.05, 0) is 63.2 Å². The number of ether oxygens (including phenoxy) is 4. The van der Waals surface area contributed by atoms with Crippen LogP contribution in [0.2, 0.25) is 0 Å². The molecule has 0 saturated carbocycles. The smallest absolute Gasteiger partial charge is 0.309 e. The molecule has 8 atom stereocenters. The molecule has 210 valence electrons. The van der Waals surface area contributed by atoms with E-state index in [2.05, 4.69) is 64.2 Å². The Kier molecular flexibility index (Phi) is 11.2. The molecule has 8 unspecified atom stereocenters. The van der Waals surface area contributed by atoms with Crippen LogP contribution in [-0.4, -0.2) is 62.7 Å². The lowest BCUT2D eigenvalue weighted by atomic mass is 9.75. The number of hydrogen-bond donors (Lipinski definition) is 1. The van der Waals surface area contributed by atoms with Gasteiger partial charge in [0, 0.05) is 12.1 Å². The molecule has 37 heavy (non-hydrogen) atoms. The zero-order valence-corrected chi connectivity index (χ0v) is 23.7. The lowest BCUT2D eigenvalue weighted by molar-refractivity contribution is -0.151. The van der Waals surface area contributed by atoms with Crippen LogP contribution in [0.3, 0.4) is 0 Å². The second-order valence-electron chi connectivity index (χ2n) is 12.0. The molecular formula is C30H49NO6. The molecule has 3 aliphatic rings. The molecule has 3 rings (SSSR count). The Labute approximate surface area is 223 Å². The largest absolute Gasteiger partial charge is 0.463 e. The molecule has 0 aromatic carbocycles. The average Bonchev–Trinajstić information content (AvgIpc) is 3.79. The highest BCUT2D eigenvalue weighted by atomic mass is 16.6. The van der Waals surface area contributed by atoms with Crippen LogP contribution < -0.4 is 5.32 Å². The quantitative estimate of drug-likeness (QED) is 0.177. The Morgan fingerprint density at radius 1 is 1.03 bits per heavy atom. The van der Waals surface area contributed by atoms with Crippen molar-refractivity contribution in [1.29, 1.82) is 0 Å². The highest BCUT2D eigenvalue weighted by Gasteiger charge is 2.35. The van der Waals surface area contributed by atoms with Crippen molar-refractivity contribution < 1.29 is 28.5 Å². The second kappa shape index (κ2) is 13.9. The van der Waals surface area contributed by atoms with Crippen LogP contribution in [-0.2, 0) is 28.5 Å². The van der Waals surface area contributed by atoms with Gasteiger partial charge in [-0.3, -0.25) is 9.59 Å². The van der Waals surface area contributed by atoms with Gasteiger partial charge in [0.05, 0.1) is 25.0 Å². The van der Waals surface area contributed by atoms with E-state index in [1.54, 1.807) is 0 Å². The predicted molar refractivity (Wildman–Crippen MR) is 144 cm³/mol. The number of esters is 2. The molecule has 0 amide bonds. The molecule has 2 heterocycles. The molecule has 2 aliphatic heterocycles. The Hall–Kier alpha value is -1.70. The lowest BCUT2D eigenvalue weighted by Gasteiger charge is -2.32. The summed E-state index contributed by atoms with van der Waals surface area (Å²) in [5, 5.41) is 3.64. The molecule has 0 radical (unpaired) electrons. The highest BCUT2D eigenvalue weighted by molar-refractivity contribution is 5.73. The topological polar surface area (TPSA) is 89.7 Å². The number of carbonyl (C=O) groups is 2. The van der Waals surface area contributed by atoms with E-state index < -0.39 is 0 Å². The van der Waals surface area contributed by atoms with Gasteiger partial charge in [0.15, 0.2) is 0 Å². The second-order valence-corrected chi connectivity index (χ2v) is 12.0. The van der Waals surface area contributed by atoms with Gasteiger partial charge in [-0.2, -0.15) is 0 Å². The van der Waals surface area contributed by atoms with Crippen LogP contribution in [0.1, 0.15) is 73.6 Å². The van der Waals surface area contributed by atoms with Crippen molar-refractivity contribution in [3.63, 3.8) is 0 Å². The van der Waals surface area contributed by atoms with E-state index in [4.69, 9.17) is 18.9 Å². The molecule has 1 N–H and O–H groups in total. The molecule has 2 saturated heterocycles. The van der Waals surface area contributed by atoms with Gasteiger partial charge in [0.2, 0.25) is 0 Å². The third-order valence-corrected chi connectivity index (χ3v) is 7.78. The van der Waals surface area contributed by atoms with Gasteiger partial charge in [0.1, 0.15) is 25.4 Å². The van der Waals surface area contributed by atoms with Gasteiger partial charge >= 0.3 is 11.9 Å². The van der Waals surface area contributed by atoms with Crippen molar-refractivity contribution in [1.82, 2.24) is 5.32 Å². The fourth-order valence-electron chi connectivity index (χ4n) is 5.09. The van der Waals surface area contributed by atoms with E-state index in [1.807, 2.05) is 6.92 Å². The number of rotatable bonds is 16. The highest BCUT2D eigenvalue weighted by Crippen LogP contribution is 2.36. The first-order chi connectivity index (χ1) is 17.6. The third-order valence-electron chi connectivity index (χ3n) is 7.78. The predicted octanol–water partition coefficient (Wildman–Crippen LogP) is 4.84. The first-order valence-corrected chi connectivity index (χ1v) is 14.3. The van der Waals surface area contributed by atoms with Crippen LogP contribution in [0.5, 0.6) is 0 Å². The molecule has 0 aromatic rings. The summed E-state index contributed by atoms with van der Waals surface area (Å²) in [6.45, 7) is 15.0. The average molecular weight is 520 g/mol. The van der Waals surface area contributed by atoms with Crippen molar-refractivity contribution in [3.8, 4) is 0 Å². The third kappa shape index (κ3) is 10.5. The standard InChI is InChI=1S/C30H49NO6/c1-7-20(3)31-21(4)13-24-10-9-22(14-27(24)29(33)37-19-26-17-35-26)11-12-30(5,6)15-23(8-2)28(32)36-18-25-16-34-25/h9-12,20-27,31H,7-8,13-19H2,1-6H3. The van der Waals surface area contributed by atoms with E-state index in [0.29, 0.717) is 38.5 Å². The number of hydrogen-bond acceptors (Lipinski definition) is 7. The molecule has 7 nitrogen and oxygen atoms in total. The van der Waals surface area contributed by atoms with E-state index in [9.17, 15) is 9.59 Å². The summed E-state index contributed by atoms with van der Waals surface area (Å²) in [5.41, 5.74) is -0.172. The minimum atomic E-state index is -0.175. The van der Waals surface area contributed by atoms with Crippen molar-refractivity contribution in [2.24, 2.45) is 29.1 Å². The van der Waals surface area contributed by atoms with Crippen LogP contribution in [0.15, 0.2) is 24.3 Å². The summed E-state index contributed by atoms with van der Waals surface area (Å²) >= 11 is 0.